The average Bonchev–Trinajstić information content (AvgIpc) is 3.35. The zero-order chi connectivity index (χ0) is 28.4. The van der Waals surface area contributed by atoms with Crippen LogP contribution in [0.15, 0.2) is 83.2 Å². The fraction of sp³-hybridized carbons (Fsp3) is 0.200. The molecule has 4 aromatic rings. The Morgan fingerprint density at radius 1 is 1.07 bits per heavy atom. The normalized spacial score (nSPS) is 14.4. The second-order valence-electron chi connectivity index (χ2n) is 9.49. The number of ether oxygens (including phenoxy) is 1. The van der Waals surface area contributed by atoms with Crippen LogP contribution >= 0.6 is 11.8 Å². The first-order valence-corrected chi connectivity index (χ1v) is 13.6. The maximum absolute atomic E-state index is 14.2. The number of fused-ring (bicyclic) bond motifs is 1. The summed E-state index contributed by atoms with van der Waals surface area (Å²) in [5.74, 6) is -0.228. The van der Waals surface area contributed by atoms with Gasteiger partial charge in [-0.25, -0.2) is 13.9 Å². The van der Waals surface area contributed by atoms with Gasteiger partial charge in [0.1, 0.15) is 11.9 Å². The highest BCUT2D eigenvalue weighted by molar-refractivity contribution is 7.98. The number of hydrogen-bond donors (Lipinski definition) is 2. The van der Waals surface area contributed by atoms with Crippen molar-refractivity contribution in [3.8, 4) is 0 Å². The summed E-state index contributed by atoms with van der Waals surface area (Å²) in [5.41, 5.74) is 5.50. The molecular formula is C30H28FN5O3S. The Labute approximate surface area is 235 Å². The van der Waals surface area contributed by atoms with Crippen molar-refractivity contribution in [3.63, 3.8) is 0 Å². The molecule has 1 aliphatic rings. The third-order valence-electron chi connectivity index (χ3n) is 6.67. The molecule has 0 radical (unpaired) electrons. The molecule has 2 N–H and O–H groups in total. The molecule has 8 nitrogen and oxygen atoms in total. The van der Waals surface area contributed by atoms with Gasteiger partial charge in [0.2, 0.25) is 11.1 Å². The quantitative estimate of drug-likeness (QED) is 0.211. The summed E-state index contributed by atoms with van der Waals surface area (Å²) in [6.45, 7) is 5.76. The monoisotopic (exact) mass is 557 g/mol. The molecule has 0 bridgehead atoms. The predicted molar refractivity (Wildman–Crippen MR) is 153 cm³/mol. The number of anilines is 2. The number of rotatable bonds is 7. The van der Waals surface area contributed by atoms with Crippen LogP contribution in [0.1, 0.15) is 45.6 Å². The zero-order valence-electron chi connectivity index (χ0n) is 22.5. The van der Waals surface area contributed by atoms with Crippen LogP contribution in [-0.2, 0) is 15.3 Å². The van der Waals surface area contributed by atoms with Gasteiger partial charge in [-0.3, -0.25) is 4.79 Å². The Balaban J connectivity index is 1.51. The Hall–Kier alpha value is -4.44. The van der Waals surface area contributed by atoms with Gasteiger partial charge in [-0.15, -0.1) is 5.10 Å². The van der Waals surface area contributed by atoms with Crippen LogP contribution in [0.2, 0.25) is 0 Å². The molecule has 0 spiro atoms. The first-order valence-electron chi connectivity index (χ1n) is 12.6. The molecule has 1 aromatic heterocycles. The van der Waals surface area contributed by atoms with Crippen molar-refractivity contribution in [2.45, 2.75) is 37.7 Å². The molecule has 1 unspecified atom stereocenters. The maximum Gasteiger partial charge on any atom is 0.337 e. The van der Waals surface area contributed by atoms with Crippen LogP contribution in [0.4, 0.5) is 16.0 Å². The molecular weight excluding hydrogens is 529 g/mol. The Bertz CT molecular complexity index is 1630. The van der Waals surface area contributed by atoms with E-state index in [2.05, 4.69) is 15.6 Å². The van der Waals surface area contributed by atoms with Gasteiger partial charge in [0.05, 0.1) is 18.2 Å². The van der Waals surface area contributed by atoms with E-state index in [4.69, 9.17) is 9.84 Å². The number of hydrogen-bond acceptors (Lipinski definition) is 7. The fourth-order valence-corrected chi connectivity index (χ4v) is 5.43. The first-order chi connectivity index (χ1) is 19.2. The van der Waals surface area contributed by atoms with E-state index in [1.165, 1.54) is 24.9 Å². The van der Waals surface area contributed by atoms with Crippen molar-refractivity contribution in [3.05, 3.63) is 112 Å². The molecule has 5 rings (SSSR count). The molecule has 0 saturated heterocycles. The highest BCUT2D eigenvalue weighted by atomic mass is 32.2. The second kappa shape index (κ2) is 11.4. The third kappa shape index (κ3) is 5.48. The van der Waals surface area contributed by atoms with Crippen LogP contribution < -0.4 is 10.6 Å². The summed E-state index contributed by atoms with van der Waals surface area (Å²) >= 11 is 1.30. The molecule has 0 aliphatic carbocycles. The lowest BCUT2D eigenvalue weighted by Gasteiger charge is -2.29. The average molecular weight is 558 g/mol. The van der Waals surface area contributed by atoms with Crippen molar-refractivity contribution >= 4 is 35.3 Å². The lowest BCUT2D eigenvalue weighted by Crippen LogP contribution is -2.31. The molecule has 1 aliphatic heterocycles. The minimum atomic E-state index is -0.635. The second-order valence-corrected chi connectivity index (χ2v) is 10.4. The molecule has 2 heterocycles. The molecule has 3 aromatic carbocycles. The summed E-state index contributed by atoms with van der Waals surface area (Å²) in [4.78, 5) is 30.5. The number of nitrogens with zero attached hydrogens (tertiary/aromatic N) is 3. The van der Waals surface area contributed by atoms with Crippen molar-refractivity contribution in [1.29, 1.82) is 0 Å². The number of amides is 1. The molecule has 10 heteroatoms. The van der Waals surface area contributed by atoms with Gasteiger partial charge >= 0.3 is 5.97 Å². The molecule has 40 heavy (non-hydrogen) atoms. The van der Waals surface area contributed by atoms with Gasteiger partial charge in [0, 0.05) is 17.1 Å². The van der Waals surface area contributed by atoms with E-state index in [1.807, 2.05) is 39.0 Å². The van der Waals surface area contributed by atoms with E-state index >= 15 is 0 Å². The summed E-state index contributed by atoms with van der Waals surface area (Å²) in [5, 5.41) is 11.4. The number of aromatic nitrogens is 3. The van der Waals surface area contributed by atoms with Crippen LogP contribution in [-0.4, -0.2) is 33.8 Å². The van der Waals surface area contributed by atoms with Crippen LogP contribution in [0.3, 0.4) is 0 Å². The lowest BCUT2D eigenvalue weighted by atomic mass is 9.94. The van der Waals surface area contributed by atoms with Crippen LogP contribution in [0.5, 0.6) is 0 Å². The van der Waals surface area contributed by atoms with E-state index < -0.39 is 12.0 Å². The largest absolute Gasteiger partial charge is 0.465 e. The number of halogens is 1. The first kappa shape index (κ1) is 27.1. The van der Waals surface area contributed by atoms with Crippen molar-refractivity contribution in [2.75, 3.05) is 17.7 Å². The van der Waals surface area contributed by atoms with Gasteiger partial charge in [0.25, 0.3) is 5.91 Å². The number of nitrogens with one attached hydrogen (secondary N) is 2. The van der Waals surface area contributed by atoms with E-state index in [1.54, 1.807) is 47.1 Å². The molecule has 204 valence electrons. The third-order valence-corrected chi connectivity index (χ3v) is 7.56. The molecule has 1 atom stereocenters. The van der Waals surface area contributed by atoms with Gasteiger partial charge in [0.15, 0.2) is 0 Å². The smallest absolute Gasteiger partial charge is 0.337 e. The number of allylic oxidation sites excluding steroid dienone is 1. The SMILES string of the molecule is COC(=O)c1ccc(C2C(C(=O)Nc3ccc(C)cc3C)=C(C)Nc3nc(SCc4ccccc4F)nn32)cc1. The summed E-state index contributed by atoms with van der Waals surface area (Å²) in [7, 11) is 1.33. The number of benzene rings is 3. The van der Waals surface area contributed by atoms with Crippen LogP contribution in [0.25, 0.3) is 0 Å². The lowest BCUT2D eigenvalue weighted by molar-refractivity contribution is -0.113. The number of aryl methyl sites for hydroxylation is 2. The van der Waals surface area contributed by atoms with Gasteiger partial charge in [-0.05, 0) is 61.7 Å². The maximum atomic E-state index is 14.2. The van der Waals surface area contributed by atoms with E-state index in [0.717, 1.165) is 16.7 Å². The number of carbonyl (C=O) groups is 2. The van der Waals surface area contributed by atoms with Gasteiger partial charge < -0.3 is 15.4 Å². The van der Waals surface area contributed by atoms with Crippen molar-refractivity contribution < 1.29 is 18.7 Å². The highest BCUT2D eigenvalue weighted by Gasteiger charge is 2.34. The summed E-state index contributed by atoms with van der Waals surface area (Å²) < 4.78 is 20.7. The molecule has 1 amide bonds. The number of carbonyl (C=O) groups excluding carboxylic acids is 2. The Morgan fingerprint density at radius 3 is 2.52 bits per heavy atom. The van der Waals surface area contributed by atoms with Crippen molar-refractivity contribution in [2.24, 2.45) is 0 Å². The number of esters is 1. The summed E-state index contributed by atoms with van der Waals surface area (Å²) in [6, 6.07) is 18.6. The van der Waals surface area contributed by atoms with Crippen LogP contribution in [0, 0.1) is 19.7 Å². The fourth-order valence-electron chi connectivity index (χ4n) is 4.62. The minimum absolute atomic E-state index is 0.288. The number of methoxy groups -OCH3 is 1. The van der Waals surface area contributed by atoms with E-state index in [-0.39, 0.29) is 11.7 Å². The van der Waals surface area contributed by atoms with Gasteiger partial charge in [-0.1, -0.05) is 59.8 Å². The van der Waals surface area contributed by atoms with E-state index in [0.29, 0.717) is 44.9 Å². The standard InChI is InChI=1S/C30H28FN5O3S/c1-17-9-14-24(18(2)15-17)33-27(37)25-19(3)32-29-34-30(40-16-22-7-5-6-8-23(22)31)35-36(29)26(25)20-10-12-21(13-11-20)28(38)39-4/h5-15,26H,16H2,1-4H3,(H,33,37)(H,32,34,35). The van der Waals surface area contributed by atoms with Gasteiger partial charge in [-0.2, -0.15) is 4.98 Å². The number of thioether (sulfide) groups is 1. The molecule has 0 fully saturated rings. The predicted octanol–water partition coefficient (Wildman–Crippen LogP) is 6.04. The van der Waals surface area contributed by atoms with E-state index in [9.17, 15) is 14.0 Å². The molecule has 0 saturated carbocycles. The minimum Gasteiger partial charge on any atom is -0.465 e. The Kier molecular flexibility index (Phi) is 7.70. The zero-order valence-corrected chi connectivity index (χ0v) is 23.3. The van der Waals surface area contributed by atoms with Crippen molar-refractivity contribution in [1.82, 2.24) is 14.8 Å². The Morgan fingerprint density at radius 2 is 1.82 bits per heavy atom. The highest BCUT2D eigenvalue weighted by Crippen LogP contribution is 2.37. The summed E-state index contributed by atoms with van der Waals surface area (Å²) in [6.07, 6.45) is 0. The topological polar surface area (TPSA) is 98.1 Å².